The number of nitrogens with zero attached hydrogens (tertiary/aromatic N) is 4. The van der Waals surface area contributed by atoms with Crippen LogP contribution in [0.1, 0.15) is 19.8 Å². The van der Waals surface area contributed by atoms with Gasteiger partial charge in [-0.2, -0.15) is 0 Å². The van der Waals surface area contributed by atoms with Gasteiger partial charge in [0, 0.05) is 18.9 Å². The minimum Gasteiger partial charge on any atom is -0.488 e. The van der Waals surface area contributed by atoms with E-state index in [1.807, 2.05) is 25.1 Å². The van der Waals surface area contributed by atoms with E-state index in [9.17, 15) is 0 Å². The summed E-state index contributed by atoms with van der Waals surface area (Å²) in [6.45, 7) is 4.18. The van der Waals surface area contributed by atoms with Gasteiger partial charge in [-0.3, -0.25) is 0 Å². The fourth-order valence-electron chi connectivity index (χ4n) is 2.63. The molecule has 0 aliphatic carbocycles. The van der Waals surface area contributed by atoms with Crippen molar-refractivity contribution in [3.63, 3.8) is 0 Å². The van der Waals surface area contributed by atoms with Crippen LogP contribution in [0, 0.1) is 0 Å². The number of halogens is 1. The van der Waals surface area contributed by atoms with Crippen molar-refractivity contribution in [3.8, 4) is 11.6 Å². The number of hydrogen-bond donors (Lipinski definition) is 0. The topological polar surface area (TPSA) is 60.4 Å². The first kappa shape index (κ1) is 15.8. The molecule has 0 amide bonds. The second-order valence-corrected chi connectivity index (χ2v) is 5.59. The average Bonchev–Trinajstić information content (AvgIpc) is 2.57. The molecular formula is C16H19ClN4O2. The molecule has 0 unspecified atom stereocenters. The molecule has 1 saturated heterocycles. The molecule has 1 aliphatic heterocycles. The van der Waals surface area contributed by atoms with Crippen molar-refractivity contribution >= 4 is 17.4 Å². The highest BCUT2D eigenvalue weighted by molar-refractivity contribution is 6.28. The quantitative estimate of drug-likeness (QED) is 0.783. The number of ether oxygens (including phenoxy) is 2. The van der Waals surface area contributed by atoms with Gasteiger partial charge in [0.15, 0.2) is 5.75 Å². The van der Waals surface area contributed by atoms with Gasteiger partial charge in [-0.15, -0.1) is 0 Å². The number of aromatic nitrogens is 3. The maximum absolute atomic E-state index is 6.07. The lowest BCUT2D eigenvalue weighted by molar-refractivity contribution is 0.162. The Hall–Kier alpha value is -2.08. The summed E-state index contributed by atoms with van der Waals surface area (Å²) >= 11 is 5.88. The highest BCUT2D eigenvalue weighted by atomic mass is 35.5. The van der Waals surface area contributed by atoms with E-state index in [0.29, 0.717) is 18.2 Å². The molecule has 122 valence electrons. The van der Waals surface area contributed by atoms with E-state index in [0.717, 1.165) is 31.7 Å². The van der Waals surface area contributed by atoms with Crippen LogP contribution in [-0.2, 0) is 0 Å². The predicted molar refractivity (Wildman–Crippen MR) is 88.3 cm³/mol. The van der Waals surface area contributed by atoms with E-state index in [4.69, 9.17) is 21.1 Å². The Morgan fingerprint density at radius 3 is 3.04 bits per heavy atom. The number of rotatable bonds is 5. The third-order valence-electron chi connectivity index (χ3n) is 3.63. The van der Waals surface area contributed by atoms with Crippen molar-refractivity contribution in [1.29, 1.82) is 0 Å². The van der Waals surface area contributed by atoms with Crippen molar-refractivity contribution in [1.82, 2.24) is 15.0 Å². The Labute approximate surface area is 140 Å². The lowest BCUT2D eigenvalue weighted by Crippen LogP contribution is -2.41. The van der Waals surface area contributed by atoms with Crippen molar-refractivity contribution in [3.05, 3.63) is 35.9 Å². The van der Waals surface area contributed by atoms with Gasteiger partial charge < -0.3 is 14.4 Å². The van der Waals surface area contributed by atoms with Gasteiger partial charge in [-0.25, -0.2) is 15.0 Å². The summed E-state index contributed by atoms with van der Waals surface area (Å²) in [5.74, 6) is 2.04. The molecule has 0 bridgehead atoms. The summed E-state index contributed by atoms with van der Waals surface area (Å²) in [6, 6.07) is 5.57. The van der Waals surface area contributed by atoms with Gasteiger partial charge in [0.2, 0.25) is 5.28 Å². The smallest absolute Gasteiger partial charge is 0.257 e. The SMILES string of the molecule is CCOc1cccnc1O[C@@H]1CCCN(c2ccnc(Cl)n2)C1. The standard InChI is InChI=1S/C16H19ClN4O2/c1-2-22-13-6-3-8-18-15(13)23-12-5-4-10-21(11-12)14-7-9-19-16(17)20-14/h3,6-9,12H,2,4-5,10-11H2,1H3/t12-/m1/s1. The van der Waals surface area contributed by atoms with Crippen LogP contribution in [-0.4, -0.2) is 40.8 Å². The summed E-state index contributed by atoms with van der Waals surface area (Å²) in [5, 5.41) is 0.258. The molecule has 0 saturated carbocycles. The molecule has 0 radical (unpaired) electrons. The minimum atomic E-state index is 0.0339. The normalized spacial score (nSPS) is 17.8. The second-order valence-electron chi connectivity index (χ2n) is 5.25. The van der Waals surface area contributed by atoms with Crippen molar-refractivity contribution in [2.24, 2.45) is 0 Å². The molecule has 3 rings (SSSR count). The fourth-order valence-corrected chi connectivity index (χ4v) is 2.78. The molecule has 2 aromatic rings. The number of pyridine rings is 1. The largest absolute Gasteiger partial charge is 0.488 e. The number of hydrogen-bond acceptors (Lipinski definition) is 6. The summed E-state index contributed by atoms with van der Waals surface area (Å²) in [5.41, 5.74) is 0. The first-order valence-corrected chi connectivity index (χ1v) is 8.12. The van der Waals surface area contributed by atoms with Gasteiger partial charge in [0.1, 0.15) is 11.9 Å². The molecule has 2 aromatic heterocycles. The Morgan fingerprint density at radius 1 is 1.30 bits per heavy atom. The van der Waals surface area contributed by atoms with E-state index >= 15 is 0 Å². The number of anilines is 1. The van der Waals surface area contributed by atoms with E-state index in [2.05, 4.69) is 19.9 Å². The molecule has 1 atom stereocenters. The van der Waals surface area contributed by atoms with Crippen LogP contribution in [0.5, 0.6) is 11.6 Å². The van der Waals surface area contributed by atoms with E-state index < -0.39 is 0 Å². The maximum atomic E-state index is 6.07. The van der Waals surface area contributed by atoms with Crippen LogP contribution >= 0.6 is 11.6 Å². The molecule has 7 heteroatoms. The average molecular weight is 335 g/mol. The molecular weight excluding hydrogens is 316 g/mol. The van der Waals surface area contributed by atoms with Crippen molar-refractivity contribution in [2.45, 2.75) is 25.9 Å². The summed E-state index contributed by atoms with van der Waals surface area (Å²) in [6.07, 6.45) is 5.40. The third kappa shape index (κ3) is 4.01. The lowest BCUT2D eigenvalue weighted by atomic mass is 10.1. The van der Waals surface area contributed by atoms with Gasteiger partial charge in [0.05, 0.1) is 13.2 Å². The molecule has 0 aromatic carbocycles. The highest BCUT2D eigenvalue weighted by Gasteiger charge is 2.24. The van der Waals surface area contributed by atoms with Crippen LogP contribution in [0.2, 0.25) is 5.28 Å². The van der Waals surface area contributed by atoms with E-state index in [-0.39, 0.29) is 11.4 Å². The summed E-state index contributed by atoms with van der Waals surface area (Å²) in [7, 11) is 0. The minimum absolute atomic E-state index is 0.0339. The van der Waals surface area contributed by atoms with Gasteiger partial charge in [-0.05, 0) is 49.6 Å². The van der Waals surface area contributed by atoms with E-state index in [1.165, 1.54) is 0 Å². The molecule has 6 nitrogen and oxygen atoms in total. The van der Waals surface area contributed by atoms with Crippen molar-refractivity contribution in [2.75, 3.05) is 24.6 Å². The molecule has 1 fully saturated rings. The zero-order chi connectivity index (χ0) is 16.1. The number of piperidine rings is 1. The highest BCUT2D eigenvalue weighted by Crippen LogP contribution is 2.27. The molecule has 3 heterocycles. The zero-order valence-corrected chi connectivity index (χ0v) is 13.7. The van der Waals surface area contributed by atoms with E-state index in [1.54, 1.807) is 12.4 Å². The van der Waals surface area contributed by atoms with Crippen LogP contribution in [0.25, 0.3) is 0 Å². The molecule has 1 aliphatic rings. The lowest BCUT2D eigenvalue weighted by Gasteiger charge is -2.33. The van der Waals surface area contributed by atoms with Crippen LogP contribution < -0.4 is 14.4 Å². The van der Waals surface area contributed by atoms with Crippen molar-refractivity contribution < 1.29 is 9.47 Å². The fraction of sp³-hybridized carbons (Fsp3) is 0.438. The first-order valence-electron chi connectivity index (χ1n) is 7.74. The Morgan fingerprint density at radius 2 is 2.22 bits per heavy atom. The molecule has 0 spiro atoms. The second kappa shape index (κ2) is 7.46. The maximum Gasteiger partial charge on any atom is 0.257 e. The summed E-state index contributed by atoms with van der Waals surface area (Å²) in [4.78, 5) is 14.6. The van der Waals surface area contributed by atoms with Gasteiger partial charge in [0.25, 0.3) is 5.88 Å². The van der Waals surface area contributed by atoms with Crippen LogP contribution in [0.15, 0.2) is 30.6 Å². The van der Waals surface area contributed by atoms with Crippen LogP contribution in [0.4, 0.5) is 5.82 Å². The Kier molecular flexibility index (Phi) is 5.12. The monoisotopic (exact) mass is 334 g/mol. The zero-order valence-electron chi connectivity index (χ0n) is 13.0. The van der Waals surface area contributed by atoms with Gasteiger partial charge in [-0.1, -0.05) is 0 Å². The van der Waals surface area contributed by atoms with Crippen LogP contribution in [0.3, 0.4) is 0 Å². The first-order chi connectivity index (χ1) is 11.3. The molecule has 23 heavy (non-hydrogen) atoms. The third-order valence-corrected chi connectivity index (χ3v) is 3.81. The van der Waals surface area contributed by atoms with Gasteiger partial charge >= 0.3 is 0 Å². The molecule has 0 N–H and O–H groups in total. The summed E-state index contributed by atoms with van der Waals surface area (Å²) < 4.78 is 11.6. The Balaban J connectivity index is 1.70. The Bertz CT molecular complexity index is 655. The predicted octanol–water partition coefficient (Wildman–Crippen LogP) is 2.97.